The molecule has 3 rings (SSSR count). The van der Waals surface area contributed by atoms with Gasteiger partial charge in [0.2, 0.25) is 0 Å². The minimum absolute atomic E-state index is 0.0914. The van der Waals surface area contributed by atoms with E-state index < -0.39 is 0 Å². The Kier molecular flexibility index (Phi) is 2.82. The summed E-state index contributed by atoms with van der Waals surface area (Å²) in [4.78, 5) is 23.0. The molecule has 0 radical (unpaired) electrons. The van der Waals surface area contributed by atoms with E-state index in [2.05, 4.69) is 25.1 Å². The van der Waals surface area contributed by atoms with Crippen LogP contribution in [-0.4, -0.2) is 60.2 Å². The minimum atomic E-state index is -0.0914. The smallest absolute Gasteiger partial charge is 0.290 e. The van der Waals surface area contributed by atoms with E-state index in [9.17, 15) is 4.79 Å². The third-order valence-corrected chi connectivity index (χ3v) is 3.58. The van der Waals surface area contributed by atoms with Crippen LogP contribution in [-0.2, 0) is 0 Å². The van der Waals surface area contributed by atoms with Gasteiger partial charge < -0.3 is 15.2 Å². The Labute approximate surface area is 99.6 Å². The average molecular weight is 235 g/mol. The number of H-pyrrole nitrogens is 1. The van der Waals surface area contributed by atoms with Crippen LogP contribution in [0.3, 0.4) is 0 Å². The van der Waals surface area contributed by atoms with Gasteiger partial charge in [0.05, 0.1) is 0 Å². The maximum atomic E-state index is 11.6. The molecule has 0 spiro atoms. The van der Waals surface area contributed by atoms with Crippen LogP contribution in [0.5, 0.6) is 0 Å². The van der Waals surface area contributed by atoms with Gasteiger partial charge in [-0.3, -0.25) is 9.69 Å². The summed E-state index contributed by atoms with van der Waals surface area (Å²) < 4.78 is 0. The average Bonchev–Trinajstić information content (AvgIpc) is 2.29. The monoisotopic (exact) mass is 235 g/mol. The van der Waals surface area contributed by atoms with Crippen LogP contribution >= 0.6 is 0 Å². The van der Waals surface area contributed by atoms with Crippen LogP contribution in [0, 0.1) is 0 Å². The van der Waals surface area contributed by atoms with Crippen LogP contribution < -0.4 is 15.8 Å². The molecule has 2 fully saturated rings. The van der Waals surface area contributed by atoms with Crippen molar-refractivity contribution in [3.05, 3.63) is 22.7 Å². The molecule has 17 heavy (non-hydrogen) atoms. The third kappa shape index (κ3) is 2.05. The Bertz CT molecular complexity index is 433. The van der Waals surface area contributed by atoms with Gasteiger partial charge in [0.15, 0.2) is 5.82 Å². The number of anilines is 1. The quantitative estimate of drug-likeness (QED) is 0.678. The largest absolute Gasteiger partial charge is 0.349 e. The van der Waals surface area contributed by atoms with Crippen molar-refractivity contribution in [3.63, 3.8) is 0 Å². The minimum Gasteiger partial charge on any atom is -0.349 e. The van der Waals surface area contributed by atoms with Crippen LogP contribution in [0.2, 0.25) is 0 Å². The third-order valence-electron chi connectivity index (χ3n) is 3.58. The number of rotatable bonds is 2. The molecular formula is C11H17N5O. The maximum absolute atomic E-state index is 11.6. The van der Waals surface area contributed by atoms with Gasteiger partial charge in [-0.05, 0) is 0 Å². The summed E-state index contributed by atoms with van der Waals surface area (Å²) >= 11 is 0. The fourth-order valence-electron chi connectivity index (χ4n) is 2.40. The molecule has 0 aliphatic carbocycles. The second-order valence-electron chi connectivity index (χ2n) is 4.58. The Morgan fingerprint density at radius 2 is 2.00 bits per heavy atom. The fourth-order valence-corrected chi connectivity index (χ4v) is 2.40. The Hall–Kier alpha value is -1.40. The van der Waals surface area contributed by atoms with Crippen LogP contribution in [0.15, 0.2) is 17.2 Å². The second-order valence-corrected chi connectivity index (χ2v) is 4.58. The summed E-state index contributed by atoms with van der Waals surface area (Å²) in [6, 6.07) is 0.694. The topological polar surface area (TPSA) is 64.3 Å². The van der Waals surface area contributed by atoms with Crippen LogP contribution in [0.1, 0.15) is 0 Å². The van der Waals surface area contributed by atoms with Gasteiger partial charge in [0.25, 0.3) is 5.56 Å². The molecule has 0 saturated carbocycles. The number of nitrogens with one attached hydrogen (secondary N) is 2. The van der Waals surface area contributed by atoms with Crippen molar-refractivity contribution in [2.24, 2.45) is 0 Å². The van der Waals surface area contributed by atoms with Gasteiger partial charge in [-0.2, -0.15) is 0 Å². The SMILES string of the molecule is O=c1[nH]ccnc1N1CCN(C2CNC2)CC1. The highest BCUT2D eigenvalue weighted by Crippen LogP contribution is 2.12. The molecule has 2 aliphatic heterocycles. The summed E-state index contributed by atoms with van der Waals surface area (Å²) in [7, 11) is 0. The van der Waals surface area contributed by atoms with E-state index >= 15 is 0 Å². The molecule has 0 unspecified atom stereocenters. The Morgan fingerprint density at radius 1 is 1.24 bits per heavy atom. The van der Waals surface area contributed by atoms with Crippen LogP contribution in [0.25, 0.3) is 0 Å². The lowest BCUT2D eigenvalue weighted by atomic mass is 10.1. The van der Waals surface area contributed by atoms with Crippen LogP contribution in [0.4, 0.5) is 5.82 Å². The van der Waals surface area contributed by atoms with Crippen molar-refractivity contribution in [1.29, 1.82) is 0 Å². The van der Waals surface area contributed by atoms with Crippen molar-refractivity contribution in [2.75, 3.05) is 44.2 Å². The number of hydrogen-bond acceptors (Lipinski definition) is 5. The molecule has 3 heterocycles. The van der Waals surface area contributed by atoms with E-state index in [0.717, 1.165) is 39.3 Å². The Morgan fingerprint density at radius 3 is 2.59 bits per heavy atom. The van der Waals surface area contributed by atoms with Gasteiger partial charge in [-0.25, -0.2) is 4.98 Å². The molecule has 6 nitrogen and oxygen atoms in total. The summed E-state index contributed by atoms with van der Waals surface area (Å²) in [5.41, 5.74) is -0.0914. The second kappa shape index (κ2) is 4.46. The van der Waals surface area contributed by atoms with Gasteiger partial charge in [-0.1, -0.05) is 0 Å². The van der Waals surface area contributed by atoms with Gasteiger partial charge in [0, 0.05) is 57.7 Å². The van der Waals surface area contributed by atoms with E-state index in [4.69, 9.17) is 0 Å². The summed E-state index contributed by atoms with van der Waals surface area (Å²) in [6.45, 7) is 6.01. The molecule has 6 heteroatoms. The molecule has 1 aromatic heterocycles. The summed E-state index contributed by atoms with van der Waals surface area (Å²) in [5.74, 6) is 0.555. The van der Waals surface area contributed by atoms with E-state index in [-0.39, 0.29) is 5.56 Å². The molecule has 2 N–H and O–H groups in total. The van der Waals surface area contributed by atoms with Crippen molar-refractivity contribution in [1.82, 2.24) is 20.2 Å². The summed E-state index contributed by atoms with van der Waals surface area (Å²) in [5, 5.41) is 3.29. The maximum Gasteiger partial charge on any atom is 0.290 e. The first-order valence-electron chi connectivity index (χ1n) is 6.08. The molecule has 0 bridgehead atoms. The van der Waals surface area contributed by atoms with E-state index in [1.54, 1.807) is 12.4 Å². The zero-order valence-electron chi connectivity index (χ0n) is 9.72. The highest BCUT2D eigenvalue weighted by atomic mass is 16.1. The Balaban J connectivity index is 1.65. The number of aromatic nitrogens is 2. The van der Waals surface area contributed by atoms with E-state index in [1.165, 1.54) is 0 Å². The first kappa shape index (κ1) is 10.7. The van der Waals surface area contributed by atoms with Crippen molar-refractivity contribution < 1.29 is 0 Å². The normalized spacial score (nSPS) is 22.5. The molecule has 0 amide bonds. The lowest BCUT2D eigenvalue weighted by Crippen LogP contribution is -2.62. The number of hydrogen-bond donors (Lipinski definition) is 2. The van der Waals surface area contributed by atoms with Gasteiger partial charge in [-0.15, -0.1) is 0 Å². The lowest BCUT2D eigenvalue weighted by molar-refractivity contribution is 0.137. The number of nitrogens with zero attached hydrogens (tertiary/aromatic N) is 3. The molecule has 0 atom stereocenters. The van der Waals surface area contributed by atoms with Crippen molar-refractivity contribution >= 4 is 5.82 Å². The fraction of sp³-hybridized carbons (Fsp3) is 0.636. The highest BCUT2D eigenvalue weighted by Gasteiger charge is 2.28. The van der Waals surface area contributed by atoms with E-state index in [1.807, 2.05) is 0 Å². The zero-order valence-corrected chi connectivity index (χ0v) is 9.72. The molecular weight excluding hydrogens is 218 g/mol. The summed E-state index contributed by atoms with van der Waals surface area (Å²) in [6.07, 6.45) is 3.21. The predicted molar refractivity (Wildman–Crippen MR) is 65.3 cm³/mol. The molecule has 1 aromatic rings. The first-order chi connectivity index (χ1) is 8.34. The molecule has 92 valence electrons. The molecule has 0 aromatic carbocycles. The predicted octanol–water partition coefficient (Wildman–Crippen LogP) is -1.14. The van der Waals surface area contributed by atoms with Crippen molar-refractivity contribution in [3.8, 4) is 0 Å². The highest BCUT2D eigenvalue weighted by molar-refractivity contribution is 5.35. The lowest BCUT2D eigenvalue weighted by Gasteiger charge is -2.43. The van der Waals surface area contributed by atoms with E-state index in [0.29, 0.717) is 11.9 Å². The first-order valence-corrected chi connectivity index (χ1v) is 6.08. The number of piperazine rings is 1. The molecule has 2 saturated heterocycles. The number of aromatic amines is 1. The van der Waals surface area contributed by atoms with Gasteiger partial charge in [0.1, 0.15) is 0 Å². The van der Waals surface area contributed by atoms with Crippen molar-refractivity contribution in [2.45, 2.75) is 6.04 Å². The zero-order chi connectivity index (χ0) is 11.7. The standard InChI is InChI=1S/C11H17N5O/c17-11-10(13-1-2-14-11)16-5-3-15(4-6-16)9-7-12-8-9/h1-2,9,12H,3-8H2,(H,14,17). The van der Waals surface area contributed by atoms with Gasteiger partial charge >= 0.3 is 0 Å². The molecule has 2 aliphatic rings.